The first kappa shape index (κ1) is 14.3. The van der Waals surface area contributed by atoms with Crippen LogP contribution in [-0.2, 0) is 10.0 Å². The molecule has 0 aliphatic heterocycles. The molecule has 2 aromatic rings. The van der Waals surface area contributed by atoms with E-state index in [4.69, 9.17) is 5.73 Å². The Hall–Kier alpha value is -1.72. The van der Waals surface area contributed by atoms with Gasteiger partial charge >= 0.3 is 0 Å². The number of nitrogens with two attached hydrogens (primary N) is 1. The minimum Gasteiger partial charge on any atom is -0.399 e. The Morgan fingerprint density at radius 3 is 2.22 bits per heavy atom. The first-order chi connectivity index (χ1) is 8.08. The second-order valence-corrected chi connectivity index (χ2v) is 5.23. The van der Waals surface area contributed by atoms with Gasteiger partial charge in [0, 0.05) is 5.69 Å². The molecule has 0 amide bonds. The molecule has 0 fully saturated rings. The van der Waals surface area contributed by atoms with Gasteiger partial charge < -0.3 is 5.73 Å². The van der Waals surface area contributed by atoms with E-state index < -0.39 is 10.0 Å². The highest BCUT2D eigenvalue weighted by molar-refractivity contribution is 7.92. The summed E-state index contributed by atoms with van der Waals surface area (Å²) < 4.78 is 26.4. The van der Waals surface area contributed by atoms with Crippen molar-refractivity contribution in [3.05, 3.63) is 54.6 Å². The Balaban J connectivity index is 0.00000162. The summed E-state index contributed by atoms with van der Waals surface area (Å²) in [6.07, 6.45) is 0. The second-order valence-electron chi connectivity index (χ2n) is 3.54. The zero-order valence-electron chi connectivity index (χ0n) is 9.41. The quantitative estimate of drug-likeness (QED) is 0.851. The molecule has 3 N–H and O–H groups in total. The highest BCUT2D eigenvalue weighted by atomic mass is 35.5. The van der Waals surface area contributed by atoms with Gasteiger partial charge in [0.15, 0.2) is 0 Å². The van der Waals surface area contributed by atoms with Crippen LogP contribution < -0.4 is 10.5 Å². The summed E-state index contributed by atoms with van der Waals surface area (Å²) in [4.78, 5) is 0.224. The van der Waals surface area contributed by atoms with Crippen LogP contribution in [0.3, 0.4) is 0 Å². The number of nitrogen functional groups attached to an aromatic ring is 1. The maximum Gasteiger partial charge on any atom is 0.261 e. The van der Waals surface area contributed by atoms with Crippen molar-refractivity contribution in [2.45, 2.75) is 4.90 Å². The molecule has 4 nitrogen and oxygen atoms in total. The van der Waals surface area contributed by atoms with Crippen LogP contribution >= 0.6 is 12.4 Å². The lowest BCUT2D eigenvalue weighted by Crippen LogP contribution is -2.12. The normalized spacial score (nSPS) is 10.4. The van der Waals surface area contributed by atoms with Crippen LogP contribution in [0.4, 0.5) is 11.4 Å². The molecule has 0 saturated carbocycles. The maximum absolute atomic E-state index is 12.0. The molecular formula is C12H13ClN2O2S. The number of sulfonamides is 1. The fraction of sp³-hybridized carbons (Fsp3) is 0. The molecule has 0 aromatic heterocycles. The predicted octanol–water partition coefficient (Wildman–Crippen LogP) is 2.49. The largest absolute Gasteiger partial charge is 0.399 e. The van der Waals surface area contributed by atoms with Crippen molar-refractivity contribution in [3.8, 4) is 0 Å². The summed E-state index contributed by atoms with van der Waals surface area (Å²) in [6, 6.07) is 14.8. The standard InChI is InChI=1S/C12H12N2O2S.ClH/c13-10-5-4-6-11(9-10)14-17(15,16)12-7-2-1-3-8-12;/h1-9,14H,13H2;1H. The molecule has 0 spiro atoms. The van der Waals surface area contributed by atoms with Gasteiger partial charge in [0.25, 0.3) is 10.0 Å². The van der Waals surface area contributed by atoms with E-state index in [-0.39, 0.29) is 17.3 Å². The monoisotopic (exact) mass is 284 g/mol. The zero-order chi connectivity index (χ0) is 12.3. The summed E-state index contributed by atoms with van der Waals surface area (Å²) >= 11 is 0. The number of halogens is 1. The Labute approximate surface area is 112 Å². The third-order valence-corrected chi connectivity index (χ3v) is 3.59. The van der Waals surface area contributed by atoms with Crippen LogP contribution in [-0.4, -0.2) is 8.42 Å². The fourth-order valence-electron chi connectivity index (χ4n) is 1.42. The molecule has 18 heavy (non-hydrogen) atoms. The summed E-state index contributed by atoms with van der Waals surface area (Å²) in [5.41, 5.74) is 6.55. The third-order valence-electron chi connectivity index (χ3n) is 2.19. The van der Waals surface area contributed by atoms with Gasteiger partial charge in [-0.25, -0.2) is 8.42 Å². The van der Waals surface area contributed by atoms with Crippen molar-refractivity contribution < 1.29 is 8.42 Å². The molecule has 0 aliphatic rings. The van der Waals surface area contributed by atoms with Crippen LogP contribution in [0, 0.1) is 0 Å². The average molecular weight is 285 g/mol. The lowest BCUT2D eigenvalue weighted by molar-refractivity contribution is 0.601. The SMILES string of the molecule is Cl.Nc1cccc(NS(=O)(=O)c2ccccc2)c1. The first-order valence-corrected chi connectivity index (χ1v) is 6.50. The fourth-order valence-corrected chi connectivity index (χ4v) is 2.49. The molecule has 96 valence electrons. The van der Waals surface area contributed by atoms with Gasteiger partial charge in [-0.05, 0) is 30.3 Å². The van der Waals surface area contributed by atoms with Crippen LogP contribution in [0.5, 0.6) is 0 Å². The van der Waals surface area contributed by atoms with Crippen molar-refractivity contribution in [2.75, 3.05) is 10.5 Å². The molecule has 2 rings (SSSR count). The lowest BCUT2D eigenvalue weighted by Gasteiger charge is -2.08. The molecule has 0 saturated heterocycles. The van der Waals surface area contributed by atoms with E-state index in [1.165, 1.54) is 12.1 Å². The van der Waals surface area contributed by atoms with E-state index in [9.17, 15) is 8.42 Å². The number of anilines is 2. The van der Waals surface area contributed by atoms with Crippen LogP contribution in [0.25, 0.3) is 0 Å². The summed E-state index contributed by atoms with van der Waals surface area (Å²) in [6.45, 7) is 0. The number of nitrogens with one attached hydrogen (secondary N) is 1. The Bertz CT molecular complexity index is 615. The van der Waals surface area contributed by atoms with Crippen molar-refractivity contribution >= 4 is 33.8 Å². The Morgan fingerprint density at radius 2 is 1.61 bits per heavy atom. The van der Waals surface area contributed by atoms with Gasteiger partial charge in [-0.15, -0.1) is 12.4 Å². The number of benzene rings is 2. The van der Waals surface area contributed by atoms with Gasteiger partial charge in [-0.1, -0.05) is 24.3 Å². The number of hydrogen-bond donors (Lipinski definition) is 2. The summed E-state index contributed by atoms with van der Waals surface area (Å²) in [5.74, 6) is 0. The molecule has 0 bridgehead atoms. The van der Waals surface area contributed by atoms with Crippen LogP contribution in [0.1, 0.15) is 0 Å². The minimum absolute atomic E-state index is 0. The molecule has 0 heterocycles. The van der Waals surface area contributed by atoms with E-state index >= 15 is 0 Å². The van der Waals surface area contributed by atoms with Gasteiger partial charge in [0.1, 0.15) is 0 Å². The Morgan fingerprint density at radius 1 is 0.944 bits per heavy atom. The van der Waals surface area contributed by atoms with Crippen molar-refractivity contribution in [1.29, 1.82) is 0 Å². The first-order valence-electron chi connectivity index (χ1n) is 5.01. The highest BCUT2D eigenvalue weighted by Crippen LogP contribution is 2.17. The third kappa shape index (κ3) is 3.38. The summed E-state index contributed by atoms with van der Waals surface area (Å²) in [5, 5.41) is 0. The van der Waals surface area contributed by atoms with Crippen molar-refractivity contribution in [2.24, 2.45) is 0 Å². The average Bonchev–Trinajstić information content (AvgIpc) is 2.29. The smallest absolute Gasteiger partial charge is 0.261 e. The number of hydrogen-bond acceptors (Lipinski definition) is 3. The molecule has 0 unspecified atom stereocenters. The van der Waals surface area contributed by atoms with Crippen LogP contribution in [0.2, 0.25) is 0 Å². The van der Waals surface area contributed by atoms with Crippen LogP contribution in [0.15, 0.2) is 59.5 Å². The molecule has 6 heteroatoms. The van der Waals surface area contributed by atoms with Gasteiger partial charge in [0.2, 0.25) is 0 Å². The molecule has 2 aromatic carbocycles. The number of rotatable bonds is 3. The van der Waals surface area contributed by atoms with Gasteiger partial charge in [-0.2, -0.15) is 0 Å². The molecule has 0 radical (unpaired) electrons. The Kier molecular flexibility index (Phi) is 4.58. The van der Waals surface area contributed by atoms with Gasteiger partial charge in [-0.3, -0.25) is 4.72 Å². The molecular weight excluding hydrogens is 272 g/mol. The van der Waals surface area contributed by atoms with Crippen molar-refractivity contribution in [3.63, 3.8) is 0 Å². The lowest BCUT2D eigenvalue weighted by atomic mass is 10.3. The van der Waals surface area contributed by atoms with Crippen molar-refractivity contribution in [1.82, 2.24) is 0 Å². The van der Waals surface area contributed by atoms with E-state index in [1.54, 1.807) is 42.5 Å². The predicted molar refractivity (Wildman–Crippen MR) is 75.4 cm³/mol. The van der Waals surface area contributed by atoms with E-state index in [0.717, 1.165) is 0 Å². The zero-order valence-corrected chi connectivity index (χ0v) is 11.0. The van der Waals surface area contributed by atoms with Gasteiger partial charge in [0.05, 0.1) is 10.6 Å². The molecule has 0 aliphatic carbocycles. The van der Waals surface area contributed by atoms with E-state index in [0.29, 0.717) is 11.4 Å². The van der Waals surface area contributed by atoms with E-state index in [2.05, 4.69) is 4.72 Å². The topological polar surface area (TPSA) is 72.2 Å². The van der Waals surface area contributed by atoms with E-state index in [1.807, 2.05) is 0 Å². The second kappa shape index (κ2) is 5.75. The highest BCUT2D eigenvalue weighted by Gasteiger charge is 2.12. The molecule has 0 atom stereocenters. The summed E-state index contributed by atoms with van der Waals surface area (Å²) in [7, 11) is -3.54. The minimum atomic E-state index is -3.54. The maximum atomic E-state index is 12.0.